The number of anilines is 1. The molecule has 0 aliphatic carbocycles. The molecule has 1 fully saturated rings. The van der Waals surface area contributed by atoms with Crippen molar-refractivity contribution in [3.63, 3.8) is 0 Å². The molecule has 0 aromatic carbocycles. The number of morpholine rings is 1. The SMILES string of the molecule is O=C(O)c1cnc(N2CCOCC2)[nH]c1=O. The number of nitrogens with zero attached hydrogens (tertiary/aromatic N) is 2. The number of H-pyrrole nitrogens is 1. The molecule has 7 heteroatoms. The van der Waals surface area contributed by atoms with Gasteiger partial charge in [-0.2, -0.15) is 0 Å². The number of nitrogens with one attached hydrogen (secondary N) is 1. The first kappa shape index (κ1) is 10.6. The first-order valence-corrected chi connectivity index (χ1v) is 4.84. The zero-order valence-corrected chi connectivity index (χ0v) is 8.47. The molecule has 2 heterocycles. The van der Waals surface area contributed by atoms with Crippen molar-refractivity contribution in [2.24, 2.45) is 0 Å². The van der Waals surface area contributed by atoms with E-state index < -0.39 is 11.5 Å². The zero-order valence-electron chi connectivity index (χ0n) is 8.47. The van der Waals surface area contributed by atoms with Crippen LogP contribution in [0.1, 0.15) is 10.4 Å². The fourth-order valence-corrected chi connectivity index (χ4v) is 1.47. The predicted molar refractivity (Wildman–Crippen MR) is 54.8 cm³/mol. The summed E-state index contributed by atoms with van der Waals surface area (Å²) in [6.45, 7) is 2.42. The number of rotatable bonds is 2. The molecule has 2 N–H and O–H groups in total. The quantitative estimate of drug-likeness (QED) is 0.691. The Labute approximate surface area is 90.7 Å². The number of ether oxygens (including phenoxy) is 1. The van der Waals surface area contributed by atoms with Gasteiger partial charge < -0.3 is 14.7 Å². The summed E-state index contributed by atoms with van der Waals surface area (Å²) in [5.41, 5.74) is -0.985. The van der Waals surface area contributed by atoms with Crippen molar-refractivity contribution in [1.82, 2.24) is 9.97 Å². The third-order valence-corrected chi connectivity index (χ3v) is 2.33. The topological polar surface area (TPSA) is 95.5 Å². The van der Waals surface area contributed by atoms with E-state index in [0.29, 0.717) is 32.3 Å². The van der Waals surface area contributed by atoms with Crippen LogP contribution >= 0.6 is 0 Å². The molecule has 1 aromatic heterocycles. The Bertz CT molecular complexity index is 450. The fraction of sp³-hybridized carbons (Fsp3) is 0.444. The molecule has 0 amide bonds. The molecule has 0 saturated carbocycles. The molecule has 0 unspecified atom stereocenters. The molecule has 1 aliphatic heterocycles. The summed E-state index contributed by atoms with van der Waals surface area (Å²) in [4.78, 5) is 30.2. The van der Waals surface area contributed by atoms with E-state index in [9.17, 15) is 9.59 Å². The highest BCUT2D eigenvalue weighted by atomic mass is 16.5. The molecule has 0 bridgehead atoms. The van der Waals surface area contributed by atoms with Gasteiger partial charge in [0.05, 0.1) is 19.4 Å². The van der Waals surface area contributed by atoms with Crippen molar-refractivity contribution in [2.75, 3.05) is 31.2 Å². The number of aromatic carboxylic acids is 1. The first-order valence-electron chi connectivity index (χ1n) is 4.84. The van der Waals surface area contributed by atoms with Gasteiger partial charge in [0, 0.05) is 13.1 Å². The number of carboxylic acids is 1. The number of aromatic amines is 1. The monoisotopic (exact) mass is 225 g/mol. The van der Waals surface area contributed by atoms with E-state index in [1.54, 1.807) is 0 Å². The maximum atomic E-state index is 11.4. The van der Waals surface area contributed by atoms with Crippen LogP contribution in [0.2, 0.25) is 0 Å². The lowest BCUT2D eigenvalue weighted by Gasteiger charge is -2.26. The van der Waals surface area contributed by atoms with Crippen molar-refractivity contribution < 1.29 is 14.6 Å². The van der Waals surface area contributed by atoms with Crippen LogP contribution in [0.4, 0.5) is 5.95 Å². The van der Waals surface area contributed by atoms with Crippen molar-refractivity contribution >= 4 is 11.9 Å². The standard InChI is InChI=1S/C9H11N3O4/c13-7-6(8(14)15)5-10-9(11-7)12-1-3-16-4-2-12/h5H,1-4H2,(H,14,15)(H,10,11,13). The second kappa shape index (κ2) is 4.31. The second-order valence-electron chi connectivity index (χ2n) is 3.35. The highest BCUT2D eigenvalue weighted by Crippen LogP contribution is 2.06. The lowest BCUT2D eigenvalue weighted by molar-refractivity contribution is 0.0694. The van der Waals surface area contributed by atoms with Crippen molar-refractivity contribution in [1.29, 1.82) is 0 Å². The van der Waals surface area contributed by atoms with Gasteiger partial charge in [0.15, 0.2) is 0 Å². The lowest BCUT2D eigenvalue weighted by atomic mass is 10.3. The van der Waals surface area contributed by atoms with Gasteiger partial charge in [0.25, 0.3) is 5.56 Å². The summed E-state index contributed by atoms with van der Waals surface area (Å²) < 4.78 is 5.16. The first-order chi connectivity index (χ1) is 7.68. The molecule has 7 nitrogen and oxygen atoms in total. The van der Waals surface area contributed by atoms with Crippen LogP contribution in [0.5, 0.6) is 0 Å². The molecule has 2 rings (SSSR count). The van der Waals surface area contributed by atoms with E-state index in [1.165, 1.54) is 0 Å². The molecule has 86 valence electrons. The summed E-state index contributed by atoms with van der Waals surface area (Å²) in [7, 11) is 0. The third kappa shape index (κ3) is 2.03. The van der Waals surface area contributed by atoms with Crippen LogP contribution < -0.4 is 10.5 Å². The van der Waals surface area contributed by atoms with Gasteiger partial charge in [-0.05, 0) is 0 Å². The highest BCUT2D eigenvalue weighted by Gasteiger charge is 2.15. The highest BCUT2D eigenvalue weighted by molar-refractivity contribution is 5.86. The number of carbonyl (C=O) groups is 1. The summed E-state index contributed by atoms with van der Waals surface area (Å²) >= 11 is 0. The molecule has 1 aliphatic rings. The van der Waals surface area contributed by atoms with Crippen LogP contribution in [0, 0.1) is 0 Å². The number of carboxylic acid groups (broad SMARTS) is 1. The molecule has 1 saturated heterocycles. The average Bonchev–Trinajstić information content (AvgIpc) is 2.29. The Hall–Kier alpha value is -1.89. The van der Waals surface area contributed by atoms with Gasteiger partial charge in [-0.15, -0.1) is 0 Å². The van der Waals surface area contributed by atoms with Crippen LogP contribution in [0.25, 0.3) is 0 Å². The minimum absolute atomic E-state index is 0.350. The van der Waals surface area contributed by atoms with Crippen LogP contribution in [-0.2, 0) is 4.74 Å². The lowest BCUT2D eigenvalue weighted by Crippen LogP contribution is -2.38. The Morgan fingerprint density at radius 3 is 2.75 bits per heavy atom. The van der Waals surface area contributed by atoms with Gasteiger partial charge >= 0.3 is 5.97 Å². The van der Waals surface area contributed by atoms with Gasteiger partial charge in [-0.1, -0.05) is 0 Å². The van der Waals surface area contributed by atoms with Crippen molar-refractivity contribution in [3.05, 3.63) is 22.1 Å². The van der Waals surface area contributed by atoms with Gasteiger partial charge in [0.2, 0.25) is 5.95 Å². The maximum absolute atomic E-state index is 11.4. The summed E-state index contributed by atoms with van der Waals surface area (Å²) in [5.74, 6) is -0.888. The van der Waals surface area contributed by atoms with E-state index >= 15 is 0 Å². The van der Waals surface area contributed by atoms with Crippen molar-refractivity contribution in [3.8, 4) is 0 Å². The summed E-state index contributed by atoms with van der Waals surface area (Å²) in [6.07, 6.45) is 1.08. The Morgan fingerprint density at radius 1 is 1.50 bits per heavy atom. The molecular formula is C9H11N3O4. The normalized spacial score (nSPS) is 16.1. The molecule has 0 radical (unpaired) electrons. The Balaban J connectivity index is 2.26. The van der Waals surface area contributed by atoms with Crippen molar-refractivity contribution in [2.45, 2.75) is 0 Å². The minimum atomic E-state index is -1.28. The van der Waals surface area contributed by atoms with Crippen LogP contribution in [0.3, 0.4) is 0 Å². The fourth-order valence-electron chi connectivity index (χ4n) is 1.47. The van der Waals surface area contributed by atoms with E-state index in [0.717, 1.165) is 6.20 Å². The van der Waals surface area contributed by atoms with E-state index in [4.69, 9.17) is 9.84 Å². The second-order valence-corrected chi connectivity index (χ2v) is 3.35. The number of aromatic nitrogens is 2. The molecule has 0 atom stereocenters. The van der Waals surface area contributed by atoms with E-state index in [-0.39, 0.29) is 5.56 Å². The van der Waals surface area contributed by atoms with E-state index in [1.807, 2.05) is 4.90 Å². The maximum Gasteiger partial charge on any atom is 0.342 e. The summed E-state index contributed by atoms with van der Waals surface area (Å²) in [6, 6.07) is 0. The van der Waals surface area contributed by atoms with Crippen LogP contribution in [0.15, 0.2) is 11.0 Å². The van der Waals surface area contributed by atoms with Crippen LogP contribution in [-0.4, -0.2) is 47.3 Å². The molecule has 16 heavy (non-hydrogen) atoms. The minimum Gasteiger partial charge on any atom is -0.477 e. The Kier molecular flexibility index (Phi) is 2.86. The predicted octanol–water partition coefficient (Wildman–Crippen LogP) is -0.695. The molecular weight excluding hydrogens is 214 g/mol. The third-order valence-electron chi connectivity index (χ3n) is 2.33. The number of hydrogen-bond donors (Lipinski definition) is 2. The molecule has 1 aromatic rings. The average molecular weight is 225 g/mol. The molecule has 0 spiro atoms. The summed E-state index contributed by atoms with van der Waals surface area (Å²) in [5, 5.41) is 8.67. The zero-order chi connectivity index (χ0) is 11.5. The van der Waals surface area contributed by atoms with Gasteiger partial charge in [-0.25, -0.2) is 9.78 Å². The van der Waals surface area contributed by atoms with Gasteiger partial charge in [0.1, 0.15) is 5.56 Å². The van der Waals surface area contributed by atoms with E-state index in [2.05, 4.69) is 9.97 Å². The Morgan fingerprint density at radius 2 is 2.19 bits per heavy atom. The van der Waals surface area contributed by atoms with Gasteiger partial charge in [-0.3, -0.25) is 9.78 Å². The smallest absolute Gasteiger partial charge is 0.342 e. The largest absolute Gasteiger partial charge is 0.477 e. The number of hydrogen-bond acceptors (Lipinski definition) is 5.